The Hall–Kier alpha value is -4.14. The number of fused-ring (bicyclic) bond motifs is 4. The SMILES string of the molecule is O=C1[C@H]2[C@H](CC=C3[C@H]2C[C@@]2(Cl)C(=O)N(c4ccc(F)cc4)C(=O)[C@@]2(Cl)[C@H]3c2ccc(O)cc2Cl)C(=O)N1c1cc(C(F)(F)F)cc(C(F)(F)F)c1. The van der Waals surface area contributed by atoms with E-state index in [0.29, 0.717) is 4.90 Å². The summed E-state index contributed by atoms with van der Waals surface area (Å²) in [6.07, 6.45) is -9.92. The normalized spacial score (nSPS) is 29.3. The molecule has 2 saturated heterocycles. The van der Waals surface area contributed by atoms with Crippen LogP contribution in [0.3, 0.4) is 0 Å². The van der Waals surface area contributed by atoms with Crippen LogP contribution >= 0.6 is 34.8 Å². The predicted molar refractivity (Wildman–Crippen MR) is 169 cm³/mol. The van der Waals surface area contributed by atoms with Gasteiger partial charge in [0, 0.05) is 10.9 Å². The van der Waals surface area contributed by atoms with E-state index < -0.39 is 98.5 Å². The Morgan fingerprint density at radius 2 is 1.35 bits per heavy atom. The summed E-state index contributed by atoms with van der Waals surface area (Å²) < 4.78 is 96.3. The van der Waals surface area contributed by atoms with Crippen molar-refractivity contribution in [3.63, 3.8) is 0 Å². The largest absolute Gasteiger partial charge is 0.508 e. The van der Waals surface area contributed by atoms with Crippen molar-refractivity contribution in [2.24, 2.45) is 17.8 Å². The zero-order chi connectivity index (χ0) is 37.2. The first kappa shape index (κ1) is 35.3. The number of carbonyl (C=O) groups excluding carboxylic acids is 4. The number of nitrogens with zero attached hydrogens (tertiary/aromatic N) is 2. The fourth-order valence-electron chi connectivity index (χ4n) is 7.82. The first-order chi connectivity index (χ1) is 23.7. The molecule has 2 heterocycles. The smallest absolute Gasteiger partial charge is 0.416 e. The van der Waals surface area contributed by atoms with Crippen molar-refractivity contribution in [1.82, 2.24) is 0 Å². The van der Waals surface area contributed by atoms with Gasteiger partial charge in [-0.1, -0.05) is 29.3 Å². The zero-order valence-electron chi connectivity index (χ0n) is 25.3. The maximum Gasteiger partial charge on any atom is 0.416 e. The van der Waals surface area contributed by atoms with E-state index in [-0.39, 0.29) is 57.1 Å². The quantitative estimate of drug-likeness (QED) is 0.126. The van der Waals surface area contributed by atoms with Gasteiger partial charge in [0.1, 0.15) is 11.6 Å². The van der Waals surface area contributed by atoms with E-state index >= 15 is 0 Å². The van der Waals surface area contributed by atoms with Crippen LogP contribution in [0.2, 0.25) is 5.02 Å². The van der Waals surface area contributed by atoms with E-state index in [1.165, 1.54) is 18.2 Å². The van der Waals surface area contributed by atoms with E-state index in [2.05, 4.69) is 0 Å². The summed E-state index contributed by atoms with van der Waals surface area (Å²) in [5, 5.41) is 9.96. The molecule has 4 amide bonds. The van der Waals surface area contributed by atoms with E-state index in [1.807, 2.05) is 0 Å². The van der Waals surface area contributed by atoms with Gasteiger partial charge >= 0.3 is 12.4 Å². The lowest BCUT2D eigenvalue weighted by atomic mass is 9.56. The molecular weight excluding hydrogens is 756 g/mol. The number of imide groups is 2. The minimum Gasteiger partial charge on any atom is -0.508 e. The number of phenols is 1. The van der Waals surface area contributed by atoms with Crippen LogP contribution in [0.15, 0.2) is 72.3 Å². The molecule has 3 fully saturated rings. The van der Waals surface area contributed by atoms with Crippen molar-refractivity contribution in [2.45, 2.75) is 40.9 Å². The number of hydrogen-bond acceptors (Lipinski definition) is 5. The average molecular weight is 776 g/mol. The number of hydrogen-bond donors (Lipinski definition) is 1. The lowest BCUT2D eigenvalue weighted by molar-refractivity contribution is -0.143. The van der Waals surface area contributed by atoms with E-state index in [1.54, 1.807) is 0 Å². The van der Waals surface area contributed by atoms with Crippen LogP contribution in [-0.2, 0) is 31.5 Å². The number of carbonyl (C=O) groups is 4. The molecular formula is C34H20Cl3F7N2O5. The maximum absolute atomic E-state index is 14.4. The zero-order valence-corrected chi connectivity index (χ0v) is 27.6. The molecule has 17 heteroatoms. The Morgan fingerprint density at radius 3 is 1.92 bits per heavy atom. The fraction of sp³-hybridized carbons (Fsp3) is 0.294. The minimum atomic E-state index is -5.27. The number of amides is 4. The second-order valence-electron chi connectivity index (χ2n) is 12.7. The van der Waals surface area contributed by atoms with Crippen LogP contribution in [0.25, 0.3) is 0 Å². The highest BCUT2D eigenvalue weighted by Gasteiger charge is 2.77. The predicted octanol–water partition coefficient (Wildman–Crippen LogP) is 7.99. The average Bonchev–Trinajstić information content (AvgIpc) is 3.39. The first-order valence-corrected chi connectivity index (χ1v) is 16.2. The topological polar surface area (TPSA) is 95.0 Å². The molecule has 2 aliphatic carbocycles. The third kappa shape index (κ3) is 5.07. The maximum atomic E-state index is 14.4. The summed E-state index contributed by atoms with van der Waals surface area (Å²) in [7, 11) is 0. The second-order valence-corrected chi connectivity index (χ2v) is 14.4. The molecule has 1 saturated carbocycles. The molecule has 4 aliphatic rings. The molecule has 0 aromatic heterocycles. The van der Waals surface area contributed by atoms with Gasteiger partial charge in [0.25, 0.3) is 11.8 Å². The Labute approximate surface area is 298 Å². The number of halogens is 10. The minimum absolute atomic E-state index is 0.0762. The highest BCUT2D eigenvalue weighted by Crippen LogP contribution is 2.66. The number of allylic oxidation sites excluding steroid dienone is 2. The number of aromatic hydroxyl groups is 1. The van der Waals surface area contributed by atoms with Gasteiger partial charge < -0.3 is 5.11 Å². The number of benzene rings is 3. The van der Waals surface area contributed by atoms with Crippen molar-refractivity contribution < 1.29 is 55.0 Å². The van der Waals surface area contributed by atoms with Crippen LogP contribution in [-0.4, -0.2) is 38.5 Å². The van der Waals surface area contributed by atoms with Crippen LogP contribution < -0.4 is 9.80 Å². The Kier molecular flexibility index (Phi) is 7.90. The second kappa shape index (κ2) is 11.4. The van der Waals surface area contributed by atoms with E-state index in [4.69, 9.17) is 34.8 Å². The van der Waals surface area contributed by atoms with Crippen LogP contribution in [0, 0.1) is 23.6 Å². The van der Waals surface area contributed by atoms with Gasteiger partial charge in [0.15, 0.2) is 9.75 Å². The molecule has 1 N–H and O–H groups in total. The van der Waals surface area contributed by atoms with E-state index in [0.717, 1.165) is 30.3 Å². The summed E-state index contributed by atoms with van der Waals surface area (Å²) in [4.78, 5) is 52.8. The molecule has 266 valence electrons. The fourth-order valence-corrected chi connectivity index (χ4v) is 9.03. The van der Waals surface area contributed by atoms with Crippen LogP contribution in [0.4, 0.5) is 42.1 Å². The van der Waals surface area contributed by atoms with Gasteiger partial charge in [-0.2, -0.15) is 26.3 Å². The summed E-state index contributed by atoms with van der Waals surface area (Å²) in [6.45, 7) is 0. The molecule has 7 nitrogen and oxygen atoms in total. The standard InChI is InChI=1S/C34H20Cl3F7N2O5/c35-24-12-19(47)5-6-21(24)26-20-7-8-22-25(28(49)45(27(22)48)18-10-14(33(39,40)41)9-15(11-18)34(42,43)44)23(20)13-31(36)29(50)46(30(51)32(26,31)37)17-3-1-16(38)2-4-17/h1-7,9-12,22-23,25-26,47H,8,13H2/t22-,23+,25-,26+,31+,32-/m0/s1. The van der Waals surface area contributed by atoms with Gasteiger partial charge in [-0.05, 0) is 78.9 Å². The lowest BCUT2D eigenvalue weighted by Crippen LogP contribution is -2.60. The number of rotatable bonds is 3. The number of anilines is 2. The third-order valence-electron chi connectivity index (χ3n) is 10.0. The van der Waals surface area contributed by atoms with Crippen molar-refractivity contribution in [2.75, 3.05) is 9.80 Å². The number of phenolic OH excluding ortho intramolecular Hbond substituents is 1. The summed E-state index contributed by atoms with van der Waals surface area (Å²) >= 11 is 21.0. The third-order valence-corrected chi connectivity index (χ3v) is 11.8. The summed E-state index contributed by atoms with van der Waals surface area (Å²) in [5.74, 6) is -10.8. The van der Waals surface area contributed by atoms with Crippen LogP contribution in [0.1, 0.15) is 35.4 Å². The molecule has 0 bridgehead atoms. The molecule has 0 spiro atoms. The molecule has 0 radical (unpaired) electrons. The van der Waals surface area contributed by atoms with Crippen molar-refractivity contribution in [1.29, 1.82) is 0 Å². The molecule has 7 rings (SSSR count). The van der Waals surface area contributed by atoms with Gasteiger partial charge in [-0.15, -0.1) is 23.2 Å². The lowest BCUT2D eigenvalue weighted by Gasteiger charge is -2.50. The monoisotopic (exact) mass is 774 g/mol. The Bertz CT molecular complexity index is 2060. The van der Waals surface area contributed by atoms with Crippen molar-refractivity contribution >= 4 is 69.8 Å². The molecule has 0 unspecified atom stereocenters. The Morgan fingerprint density at radius 1 is 0.745 bits per heavy atom. The van der Waals surface area contributed by atoms with Gasteiger partial charge in [0.05, 0.1) is 34.3 Å². The highest BCUT2D eigenvalue weighted by molar-refractivity contribution is 6.58. The molecule has 2 aliphatic heterocycles. The highest BCUT2D eigenvalue weighted by atomic mass is 35.5. The Balaban J connectivity index is 1.39. The van der Waals surface area contributed by atoms with Crippen LogP contribution in [0.5, 0.6) is 5.75 Å². The van der Waals surface area contributed by atoms with Crippen molar-refractivity contribution in [3.05, 3.63) is 99.8 Å². The summed E-state index contributed by atoms with van der Waals surface area (Å²) in [6, 6.07) is 8.28. The molecule has 6 atom stereocenters. The molecule has 3 aromatic carbocycles. The number of alkyl halides is 8. The first-order valence-electron chi connectivity index (χ1n) is 15.1. The molecule has 3 aromatic rings. The van der Waals surface area contributed by atoms with Gasteiger partial charge in [-0.25, -0.2) is 14.2 Å². The van der Waals surface area contributed by atoms with E-state index in [9.17, 15) is 55.0 Å². The molecule has 51 heavy (non-hydrogen) atoms. The van der Waals surface area contributed by atoms with Gasteiger partial charge in [-0.3, -0.25) is 19.2 Å². The van der Waals surface area contributed by atoms with Gasteiger partial charge in [0.2, 0.25) is 11.8 Å². The van der Waals surface area contributed by atoms with Crippen molar-refractivity contribution in [3.8, 4) is 5.75 Å². The summed E-state index contributed by atoms with van der Waals surface area (Å²) in [5.41, 5.74) is -4.27.